The number of hydrazone groups is 1. The van der Waals surface area contributed by atoms with Crippen molar-refractivity contribution in [2.24, 2.45) is 5.10 Å². The lowest BCUT2D eigenvalue weighted by Crippen LogP contribution is -2.46. The zero-order valence-corrected chi connectivity index (χ0v) is 22.9. The molecule has 35 heavy (non-hydrogen) atoms. The molecule has 0 radical (unpaired) electrons. The molecule has 0 bridgehead atoms. The lowest BCUT2D eigenvalue weighted by molar-refractivity contribution is -0.122. The van der Waals surface area contributed by atoms with Gasteiger partial charge in [0.1, 0.15) is 18.4 Å². The number of hydrogen-bond donors (Lipinski definition) is 2. The van der Waals surface area contributed by atoms with Gasteiger partial charge < -0.3 is 4.74 Å². The first-order valence-corrected chi connectivity index (χ1v) is 13.6. The number of hydrogen-bond acceptors (Lipinski definition) is 5. The van der Waals surface area contributed by atoms with Crippen LogP contribution in [-0.4, -0.2) is 33.2 Å². The van der Waals surface area contributed by atoms with E-state index in [-0.39, 0.29) is 17.9 Å². The first-order valence-electron chi connectivity index (χ1n) is 10.3. The average Bonchev–Trinajstić information content (AvgIpc) is 2.84. The molecule has 1 atom stereocenters. The summed E-state index contributed by atoms with van der Waals surface area (Å²) >= 11 is 5.47. The van der Waals surface area contributed by atoms with Crippen molar-refractivity contribution in [2.75, 3.05) is 6.61 Å². The van der Waals surface area contributed by atoms with Crippen LogP contribution in [0.3, 0.4) is 0 Å². The van der Waals surface area contributed by atoms with Crippen LogP contribution in [-0.2, 0) is 21.2 Å². The number of terminal acetylenes is 1. The Morgan fingerprint density at radius 1 is 1.14 bits per heavy atom. The highest BCUT2D eigenvalue weighted by Crippen LogP contribution is 2.21. The molecule has 10 heteroatoms. The summed E-state index contributed by atoms with van der Waals surface area (Å²) in [5.41, 5.74) is 3.80. The van der Waals surface area contributed by atoms with Crippen LogP contribution in [0.1, 0.15) is 11.1 Å². The Hall–Kier alpha value is -2.72. The highest BCUT2D eigenvalue weighted by Gasteiger charge is 2.26. The molecule has 0 aliphatic heterocycles. The lowest BCUT2D eigenvalue weighted by atomic mass is 10.1. The number of ether oxygens (including phenoxy) is 1. The van der Waals surface area contributed by atoms with Gasteiger partial charge in [-0.1, -0.05) is 52.2 Å². The first kappa shape index (κ1) is 26.9. The van der Waals surface area contributed by atoms with Crippen molar-refractivity contribution in [3.8, 4) is 18.1 Å². The Kier molecular flexibility index (Phi) is 9.85. The van der Waals surface area contributed by atoms with Gasteiger partial charge in [-0.25, -0.2) is 13.8 Å². The molecule has 0 fully saturated rings. The van der Waals surface area contributed by atoms with Crippen molar-refractivity contribution >= 4 is 60.7 Å². The van der Waals surface area contributed by atoms with Gasteiger partial charge in [0.25, 0.3) is 5.91 Å². The second-order valence-corrected chi connectivity index (χ2v) is 11.1. The molecule has 7 nitrogen and oxygen atoms in total. The molecule has 2 N–H and O–H groups in total. The van der Waals surface area contributed by atoms with E-state index in [2.05, 4.69) is 59.7 Å². The Morgan fingerprint density at radius 3 is 2.54 bits per heavy atom. The maximum Gasteiger partial charge on any atom is 0.258 e. The first-order chi connectivity index (χ1) is 16.8. The predicted molar refractivity (Wildman–Crippen MR) is 148 cm³/mol. The summed E-state index contributed by atoms with van der Waals surface area (Å²) in [5, 5.41) is 4.02. The van der Waals surface area contributed by atoms with E-state index in [1.807, 2.05) is 30.3 Å². The highest BCUT2D eigenvalue weighted by molar-refractivity contribution is 14.1. The van der Waals surface area contributed by atoms with Crippen molar-refractivity contribution in [3.05, 3.63) is 92.0 Å². The van der Waals surface area contributed by atoms with E-state index in [9.17, 15) is 13.2 Å². The van der Waals surface area contributed by atoms with Crippen molar-refractivity contribution in [1.29, 1.82) is 0 Å². The van der Waals surface area contributed by atoms with Crippen molar-refractivity contribution < 1.29 is 17.9 Å². The quantitative estimate of drug-likeness (QED) is 0.148. The van der Waals surface area contributed by atoms with Crippen molar-refractivity contribution in [1.82, 2.24) is 10.1 Å². The number of nitrogens with one attached hydrogen (secondary N) is 2. The smallest absolute Gasteiger partial charge is 0.258 e. The zero-order chi connectivity index (χ0) is 25.3. The van der Waals surface area contributed by atoms with Gasteiger partial charge in [0.2, 0.25) is 10.0 Å². The van der Waals surface area contributed by atoms with Crippen molar-refractivity contribution in [3.63, 3.8) is 0 Å². The summed E-state index contributed by atoms with van der Waals surface area (Å²) in [6, 6.07) is 19.6. The molecular weight excluding hydrogens is 645 g/mol. The molecule has 3 aromatic rings. The topological polar surface area (TPSA) is 96.9 Å². The summed E-state index contributed by atoms with van der Waals surface area (Å²) in [7, 11) is -3.95. The Labute approximate surface area is 226 Å². The standard InChI is InChI=1S/C25H21BrIN3O4S/c1-2-14-34-24-13-8-20(26)16-19(24)17-28-29-25(31)23(15-18-6-4-3-5-7-18)30-35(32,33)22-11-9-21(27)10-12-22/h1,3-13,16-17,23,30H,14-15H2,(H,29,31)/b28-17-/t23-/m0/s1. The fourth-order valence-electron chi connectivity index (χ4n) is 3.02. The number of rotatable bonds is 10. The maximum absolute atomic E-state index is 13.0. The normalized spacial score (nSPS) is 12.1. The van der Waals surface area contributed by atoms with Gasteiger partial charge in [0.05, 0.1) is 11.1 Å². The highest BCUT2D eigenvalue weighted by atomic mass is 127. The summed E-state index contributed by atoms with van der Waals surface area (Å²) in [5.74, 6) is 2.27. The molecule has 0 aromatic heterocycles. The molecule has 0 spiro atoms. The molecule has 0 aliphatic carbocycles. The minimum atomic E-state index is -3.95. The molecule has 3 rings (SSSR count). The minimum Gasteiger partial charge on any atom is -0.480 e. The van der Waals surface area contributed by atoms with Gasteiger partial charge >= 0.3 is 0 Å². The predicted octanol–water partition coefficient (Wildman–Crippen LogP) is 4.11. The third-order valence-corrected chi connectivity index (χ3v) is 7.38. The van der Waals surface area contributed by atoms with Crippen LogP contribution >= 0.6 is 38.5 Å². The van der Waals surface area contributed by atoms with Gasteiger partial charge in [-0.3, -0.25) is 4.79 Å². The van der Waals surface area contributed by atoms with Gasteiger partial charge in [-0.15, -0.1) is 6.42 Å². The molecule has 180 valence electrons. The van der Waals surface area contributed by atoms with Crippen LogP contribution in [0.5, 0.6) is 5.75 Å². The van der Waals surface area contributed by atoms with Crippen LogP contribution in [0.4, 0.5) is 0 Å². The van der Waals surface area contributed by atoms with Crippen LogP contribution in [0.2, 0.25) is 0 Å². The number of halogens is 2. The fraction of sp³-hybridized carbons (Fsp3) is 0.120. The number of amides is 1. The summed E-state index contributed by atoms with van der Waals surface area (Å²) in [6.07, 6.45) is 6.80. The maximum atomic E-state index is 13.0. The Bertz CT molecular complexity index is 1340. The van der Waals surface area contributed by atoms with Gasteiger partial charge in [0.15, 0.2) is 0 Å². The molecule has 0 saturated carbocycles. The van der Waals surface area contributed by atoms with E-state index in [1.54, 1.807) is 30.3 Å². The van der Waals surface area contributed by atoms with E-state index in [0.717, 1.165) is 13.6 Å². The van der Waals surface area contributed by atoms with E-state index in [1.165, 1.54) is 18.3 Å². The number of sulfonamides is 1. The molecule has 0 saturated heterocycles. The van der Waals surface area contributed by atoms with E-state index in [0.29, 0.717) is 11.3 Å². The van der Waals surface area contributed by atoms with Crippen LogP contribution in [0.25, 0.3) is 0 Å². The van der Waals surface area contributed by atoms with Crippen LogP contribution in [0.15, 0.2) is 87.3 Å². The molecule has 0 heterocycles. The second kappa shape index (κ2) is 12.8. The summed E-state index contributed by atoms with van der Waals surface area (Å²) in [4.78, 5) is 13.1. The SMILES string of the molecule is C#CCOc1ccc(Br)cc1/C=N\NC(=O)[C@H](Cc1ccccc1)NS(=O)(=O)c1ccc(I)cc1. The third-order valence-electron chi connectivity index (χ3n) is 4.68. The van der Waals surface area contributed by atoms with Crippen LogP contribution < -0.4 is 14.9 Å². The summed E-state index contributed by atoms with van der Waals surface area (Å²) < 4.78 is 35.6. The Balaban J connectivity index is 1.80. The third kappa shape index (κ3) is 8.17. The molecular formula is C25H21BrIN3O4S. The van der Waals surface area contributed by atoms with E-state index < -0.39 is 22.0 Å². The average molecular weight is 666 g/mol. The van der Waals surface area contributed by atoms with E-state index in [4.69, 9.17) is 11.2 Å². The van der Waals surface area contributed by atoms with Crippen molar-refractivity contribution in [2.45, 2.75) is 17.4 Å². The van der Waals surface area contributed by atoms with Gasteiger partial charge in [0, 0.05) is 13.6 Å². The molecule has 1 amide bonds. The number of carbonyl (C=O) groups excluding carboxylic acids is 1. The minimum absolute atomic E-state index is 0.0664. The monoisotopic (exact) mass is 665 g/mol. The number of benzene rings is 3. The zero-order valence-electron chi connectivity index (χ0n) is 18.3. The Morgan fingerprint density at radius 2 is 1.86 bits per heavy atom. The number of nitrogens with zero attached hydrogens (tertiary/aromatic N) is 1. The second-order valence-electron chi connectivity index (χ2n) is 7.23. The van der Waals surface area contributed by atoms with Gasteiger partial charge in [-0.05, 0) is 77.0 Å². The summed E-state index contributed by atoms with van der Waals surface area (Å²) in [6.45, 7) is 0.0777. The van der Waals surface area contributed by atoms with E-state index >= 15 is 0 Å². The lowest BCUT2D eigenvalue weighted by Gasteiger charge is -2.17. The molecule has 0 aliphatic rings. The molecule has 3 aromatic carbocycles. The fourth-order valence-corrected chi connectivity index (χ4v) is 4.95. The van der Waals surface area contributed by atoms with Crippen LogP contribution in [0, 0.1) is 15.9 Å². The number of carbonyl (C=O) groups is 1. The molecule has 0 unspecified atom stereocenters. The van der Waals surface area contributed by atoms with Gasteiger partial charge in [-0.2, -0.15) is 9.82 Å². The largest absolute Gasteiger partial charge is 0.480 e.